The van der Waals surface area contributed by atoms with Crippen LogP contribution in [-0.2, 0) is 4.79 Å². The van der Waals surface area contributed by atoms with Crippen molar-refractivity contribution in [1.29, 1.82) is 0 Å². The predicted molar refractivity (Wildman–Crippen MR) is 111 cm³/mol. The Balaban J connectivity index is 1.69. The Bertz CT molecular complexity index is 924. The molecular formula is C21H25N5O3. The molecule has 1 aliphatic heterocycles. The SMILES string of the molecule is CC1CC(=O)N(C)c2cnc(Nc3ccc(C(=O)O)cc3)nc2N1C1CCCC1. The number of anilines is 4. The molecule has 2 aromatic rings. The van der Waals surface area contributed by atoms with E-state index in [0.29, 0.717) is 24.1 Å². The second-order valence-electron chi connectivity index (χ2n) is 7.76. The molecule has 8 heteroatoms. The van der Waals surface area contributed by atoms with Gasteiger partial charge in [0.2, 0.25) is 11.9 Å². The number of hydrogen-bond donors (Lipinski definition) is 2. The number of aromatic nitrogens is 2. The number of carbonyl (C=O) groups excluding carboxylic acids is 1. The fourth-order valence-electron chi connectivity index (χ4n) is 4.22. The average Bonchev–Trinajstić information content (AvgIpc) is 3.19. The van der Waals surface area contributed by atoms with Gasteiger partial charge in [-0.05, 0) is 44.0 Å². The van der Waals surface area contributed by atoms with Gasteiger partial charge < -0.3 is 20.2 Å². The molecule has 1 fully saturated rings. The molecule has 1 amide bonds. The molecule has 2 aliphatic rings. The Morgan fingerprint density at radius 2 is 1.90 bits per heavy atom. The van der Waals surface area contributed by atoms with Gasteiger partial charge in [0.1, 0.15) is 5.69 Å². The summed E-state index contributed by atoms with van der Waals surface area (Å²) in [5.74, 6) is 0.293. The molecule has 8 nitrogen and oxygen atoms in total. The van der Waals surface area contributed by atoms with Crippen molar-refractivity contribution in [1.82, 2.24) is 9.97 Å². The maximum atomic E-state index is 12.6. The predicted octanol–water partition coefficient (Wildman–Crippen LogP) is 3.42. The molecule has 4 rings (SSSR count). The van der Waals surface area contributed by atoms with Crippen LogP contribution in [0.15, 0.2) is 30.5 Å². The van der Waals surface area contributed by atoms with Crippen molar-refractivity contribution in [2.75, 3.05) is 22.2 Å². The second-order valence-corrected chi connectivity index (χ2v) is 7.76. The van der Waals surface area contributed by atoms with E-state index in [4.69, 9.17) is 10.1 Å². The van der Waals surface area contributed by atoms with Crippen molar-refractivity contribution in [3.05, 3.63) is 36.0 Å². The highest BCUT2D eigenvalue weighted by Crippen LogP contribution is 2.38. The maximum Gasteiger partial charge on any atom is 0.335 e. The number of hydrogen-bond acceptors (Lipinski definition) is 6. The second kappa shape index (κ2) is 7.69. The van der Waals surface area contributed by atoms with Gasteiger partial charge in [0.15, 0.2) is 5.82 Å². The van der Waals surface area contributed by atoms with Crippen LogP contribution in [0.2, 0.25) is 0 Å². The molecule has 1 atom stereocenters. The third kappa shape index (κ3) is 3.74. The lowest BCUT2D eigenvalue weighted by Crippen LogP contribution is -2.41. The monoisotopic (exact) mass is 395 g/mol. The number of rotatable bonds is 4. The third-order valence-corrected chi connectivity index (χ3v) is 5.78. The summed E-state index contributed by atoms with van der Waals surface area (Å²) in [7, 11) is 1.77. The van der Waals surface area contributed by atoms with Crippen LogP contribution in [0.4, 0.5) is 23.1 Å². The molecule has 0 saturated heterocycles. The molecule has 0 spiro atoms. The standard InChI is InChI=1S/C21H25N5O3/c1-13-11-18(27)25(2)17-12-22-21(23-15-9-7-14(8-10-15)20(28)29)24-19(17)26(13)16-5-3-4-6-16/h7-10,12-13,16H,3-6,11H2,1-2H3,(H,28,29)(H,22,23,24). The highest BCUT2D eigenvalue weighted by molar-refractivity contribution is 5.97. The van der Waals surface area contributed by atoms with Gasteiger partial charge in [-0.15, -0.1) is 0 Å². The van der Waals surface area contributed by atoms with Gasteiger partial charge in [0, 0.05) is 31.2 Å². The summed E-state index contributed by atoms with van der Waals surface area (Å²) in [4.78, 5) is 36.7. The highest BCUT2D eigenvalue weighted by Gasteiger charge is 2.35. The number of carboxylic acids is 1. The normalized spacial score (nSPS) is 19.8. The van der Waals surface area contributed by atoms with E-state index < -0.39 is 5.97 Å². The molecule has 2 heterocycles. The lowest BCUT2D eigenvalue weighted by Gasteiger charge is -2.34. The first-order chi connectivity index (χ1) is 13.9. The summed E-state index contributed by atoms with van der Waals surface area (Å²) in [5.41, 5.74) is 1.64. The van der Waals surface area contributed by atoms with Gasteiger partial charge in [-0.25, -0.2) is 9.78 Å². The summed E-state index contributed by atoms with van der Waals surface area (Å²) in [6.07, 6.45) is 6.73. The first kappa shape index (κ1) is 19.2. The zero-order valence-corrected chi connectivity index (χ0v) is 16.6. The van der Waals surface area contributed by atoms with Crippen molar-refractivity contribution >= 4 is 35.0 Å². The first-order valence-corrected chi connectivity index (χ1v) is 9.96. The van der Waals surface area contributed by atoms with Gasteiger partial charge in [-0.2, -0.15) is 4.98 Å². The topological polar surface area (TPSA) is 98.7 Å². The van der Waals surface area contributed by atoms with Gasteiger partial charge in [0.25, 0.3) is 0 Å². The molecule has 0 bridgehead atoms. The van der Waals surface area contributed by atoms with Crippen LogP contribution in [-0.4, -0.2) is 46.1 Å². The summed E-state index contributed by atoms with van der Waals surface area (Å²) >= 11 is 0. The molecule has 1 aliphatic carbocycles. The Kier molecular flexibility index (Phi) is 5.08. The van der Waals surface area contributed by atoms with E-state index in [2.05, 4.69) is 22.1 Å². The molecule has 1 aromatic carbocycles. The number of fused-ring (bicyclic) bond motifs is 1. The molecule has 1 unspecified atom stereocenters. The Morgan fingerprint density at radius 3 is 2.55 bits per heavy atom. The number of carboxylic acid groups (broad SMARTS) is 1. The minimum atomic E-state index is -0.966. The van der Waals surface area contributed by atoms with E-state index in [-0.39, 0.29) is 17.5 Å². The van der Waals surface area contributed by atoms with Crippen LogP contribution >= 0.6 is 0 Å². The number of aromatic carboxylic acids is 1. The summed E-state index contributed by atoms with van der Waals surface area (Å²) < 4.78 is 0. The van der Waals surface area contributed by atoms with E-state index >= 15 is 0 Å². The summed E-state index contributed by atoms with van der Waals surface area (Å²) in [6.45, 7) is 2.08. The van der Waals surface area contributed by atoms with E-state index in [1.165, 1.54) is 25.0 Å². The Morgan fingerprint density at radius 1 is 1.21 bits per heavy atom. The summed E-state index contributed by atoms with van der Waals surface area (Å²) in [6, 6.07) is 6.88. The van der Waals surface area contributed by atoms with Crippen molar-refractivity contribution in [3.63, 3.8) is 0 Å². The minimum absolute atomic E-state index is 0.0619. The molecule has 0 radical (unpaired) electrons. The smallest absolute Gasteiger partial charge is 0.335 e. The van der Waals surface area contributed by atoms with Crippen LogP contribution in [0.3, 0.4) is 0 Å². The van der Waals surface area contributed by atoms with Crippen LogP contribution < -0.4 is 15.1 Å². The number of carbonyl (C=O) groups is 2. The molecule has 1 saturated carbocycles. The quantitative estimate of drug-likeness (QED) is 0.818. The van der Waals surface area contributed by atoms with Crippen molar-refractivity contribution in [2.45, 2.75) is 51.1 Å². The van der Waals surface area contributed by atoms with Crippen molar-refractivity contribution in [2.24, 2.45) is 0 Å². The Hall–Kier alpha value is -3.16. The van der Waals surface area contributed by atoms with Gasteiger partial charge in [-0.1, -0.05) is 12.8 Å². The molecule has 2 N–H and O–H groups in total. The fraction of sp³-hybridized carbons (Fsp3) is 0.429. The van der Waals surface area contributed by atoms with E-state index in [9.17, 15) is 9.59 Å². The number of nitrogens with zero attached hydrogens (tertiary/aromatic N) is 4. The molecular weight excluding hydrogens is 370 g/mol. The number of nitrogens with one attached hydrogen (secondary N) is 1. The number of benzene rings is 1. The third-order valence-electron chi connectivity index (χ3n) is 5.78. The van der Waals surface area contributed by atoms with Crippen molar-refractivity contribution in [3.8, 4) is 0 Å². The first-order valence-electron chi connectivity index (χ1n) is 9.96. The van der Waals surface area contributed by atoms with Crippen LogP contribution in [0.25, 0.3) is 0 Å². The van der Waals surface area contributed by atoms with Crippen LogP contribution in [0.5, 0.6) is 0 Å². The minimum Gasteiger partial charge on any atom is -0.478 e. The fourth-order valence-corrected chi connectivity index (χ4v) is 4.22. The van der Waals surface area contributed by atoms with Gasteiger partial charge in [-0.3, -0.25) is 4.79 Å². The lowest BCUT2D eigenvalue weighted by atomic mass is 10.1. The van der Waals surface area contributed by atoms with Crippen molar-refractivity contribution < 1.29 is 14.7 Å². The zero-order valence-electron chi connectivity index (χ0n) is 16.6. The molecule has 29 heavy (non-hydrogen) atoms. The van der Waals surface area contributed by atoms with E-state index in [0.717, 1.165) is 24.3 Å². The average molecular weight is 395 g/mol. The highest BCUT2D eigenvalue weighted by atomic mass is 16.4. The Labute approximate surface area is 169 Å². The largest absolute Gasteiger partial charge is 0.478 e. The number of amides is 1. The molecule has 152 valence electrons. The van der Waals surface area contributed by atoms with Gasteiger partial charge in [0.05, 0.1) is 11.8 Å². The van der Waals surface area contributed by atoms with E-state index in [1.807, 2.05) is 0 Å². The van der Waals surface area contributed by atoms with Crippen LogP contribution in [0, 0.1) is 0 Å². The summed E-state index contributed by atoms with van der Waals surface area (Å²) in [5, 5.41) is 12.2. The van der Waals surface area contributed by atoms with Crippen LogP contribution in [0.1, 0.15) is 49.4 Å². The van der Waals surface area contributed by atoms with E-state index in [1.54, 1.807) is 30.3 Å². The maximum absolute atomic E-state index is 12.6. The zero-order chi connectivity index (χ0) is 20.5. The van der Waals surface area contributed by atoms with Gasteiger partial charge >= 0.3 is 5.97 Å². The molecule has 1 aromatic heterocycles. The lowest BCUT2D eigenvalue weighted by molar-refractivity contribution is -0.118.